The third-order valence-electron chi connectivity index (χ3n) is 1.83. The van der Waals surface area contributed by atoms with Gasteiger partial charge in [-0.2, -0.15) is 9.98 Å². The molecule has 0 amide bonds. The van der Waals surface area contributed by atoms with Crippen LogP contribution in [0.25, 0.3) is 0 Å². The Morgan fingerprint density at radius 3 is 1.47 bits per heavy atom. The fraction of sp³-hybridized carbons (Fsp3) is 0.778. The molecule has 0 atom stereocenters. The maximum Gasteiger partial charge on any atom is 0.268 e. The monoisotopic (exact) mass is 254 g/mol. The minimum atomic E-state index is -3.30. The topological polar surface area (TPSA) is 58.9 Å². The third-order valence-corrected chi connectivity index (χ3v) is 1.83. The summed E-state index contributed by atoms with van der Waals surface area (Å²) in [5.41, 5.74) is 0. The van der Waals surface area contributed by atoms with Crippen LogP contribution in [0.15, 0.2) is 9.98 Å². The van der Waals surface area contributed by atoms with E-state index in [1.165, 1.54) is 0 Å². The number of alkyl halides is 4. The van der Waals surface area contributed by atoms with Crippen molar-refractivity contribution in [1.82, 2.24) is 0 Å². The number of halogens is 4. The molecule has 0 spiro atoms. The first-order valence-electron chi connectivity index (χ1n) is 4.66. The normalized spacial score (nSPS) is 11.5. The third kappa shape index (κ3) is 8.30. The largest absolute Gasteiger partial charge is 0.268 e. The van der Waals surface area contributed by atoms with Crippen LogP contribution in [0, 0.1) is 0 Å². The van der Waals surface area contributed by atoms with E-state index in [0.29, 0.717) is 0 Å². The second kappa shape index (κ2) is 6.93. The van der Waals surface area contributed by atoms with Gasteiger partial charge in [0.05, 0.1) is 0 Å². The number of isocyanates is 2. The van der Waals surface area contributed by atoms with Gasteiger partial charge in [0.1, 0.15) is 13.1 Å². The smallest absolute Gasteiger partial charge is 0.211 e. The molecule has 0 radical (unpaired) electrons. The maximum absolute atomic E-state index is 12.8. The molecule has 0 fully saturated rings. The summed E-state index contributed by atoms with van der Waals surface area (Å²) in [7, 11) is 0. The van der Waals surface area contributed by atoms with Gasteiger partial charge in [0.25, 0.3) is 11.8 Å². The summed E-state index contributed by atoms with van der Waals surface area (Å²) < 4.78 is 51.3. The lowest BCUT2D eigenvalue weighted by atomic mass is 10.1. The van der Waals surface area contributed by atoms with Gasteiger partial charge in [-0.3, -0.25) is 0 Å². The molecule has 0 aliphatic carbocycles. The SMILES string of the molecule is O=C=NCC(F)(F)CCCC(F)(F)CN=C=O. The first-order valence-corrected chi connectivity index (χ1v) is 4.66. The molecule has 0 aromatic carbocycles. The lowest BCUT2D eigenvalue weighted by Crippen LogP contribution is -2.24. The summed E-state index contributed by atoms with van der Waals surface area (Å²) in [6.45, 7) is -2.12. The second-order valence-electron chi connectivity index (χ2n) is 3.38. The lowest BCUT2D eigenvalue weighted by Gasteiger charge is -2.16. The van der Waals surface area contributed by atoms with Crippen LogP contribution < -0.4 is 0 Å². The predicted octanol–water partition coefficient (Wildman–Crippen LogP) is 2.10. The Balaban J connectivity index is 4.04. The molecule has 96 valence electrons. The minimum Gasteiger partial charge on any atom is -0.211 e. The standard InChI is InChI=1S/C9H10F4N2O2/c10-8(11,4-14-6-16)2-1-3-9(12,13)5-15-7-17/h1-5H2. The molecule has 0 rings (SSSR count). The van der Waals surface area contributed by atoms with E-state index >= 15 is 0 Å². The lowest BCUT2D eigenvalue weighted by molar-refractivity contribution is -0.0262. The molecule has 0 aliphatic heterocycles. The van der Waals surface area contributed by atoms with Crippen LogP contribution >= 0.6 is 0 Å². The van der Waals surface area contributed by atoms with Crippen LogP contribution in [0.4, 0.5) is 17.6 Å². The van der Waals surface area contributed by atoms with E-state index in [2.05, 4.69) is 9.98 Å². The van der Waals surface area contributed by atoms with Crippen molar-refractivity contribution < 1.29 is 27.2 Å². The first-order chi connectivity index (χ1) is 7.83. The van der Waals surface area contributed by atoms with Gasteiger partial charge in [0.15, 0.2) is 0 Å². The van der Waals surface area contributed by atoms with Gasteiger partial charge in [-0.05, 0) is 6.42 Å². The molecule has 4 nitrogen and oxygen atoms in total. The molecule has 0 aromatic heterocycles. The van der Waals surface area contributed by atoms with Gasteiger partial charge in [-0.25, -0.2) is 27.2 Å². The van der Waals surface area contributed by atoms with E-state index in [-0.39, 0.29) is 0 Å². The zero-order chi connectivity index (χ0) is 13.4. The van der Waals surface area contributed by atoms with Crippen molar-refractivity contribution in [3.63, 3.8) is 0 Å². The van der Waals surface area contributed by atoms with Crippen LogP contribution in [-0.4, -0.2) is 37.1 Å². The molecular formula is C9H10F4N2O2. The number of aliphatic imine (C=N–C) groups is 2. The van der Waals surface area contributed by atoms with Crippen LogP contribution in [0.5, 0.6) is 0 Å². The van der Waals surface area contributed by atoms with Gasteiger partial charge in [-0.1, -0.05) is 0 Å². The average molecular weight is 254 g/mol. The highest BCUT2D eigenvalue weighted by molar-refractivity contribution is 5.33. The maximum atomic E-state index is 12.8. The number of nitrogens with zero attached hydrogens (tertiary/aromatic N) is 2. The highest BCUT2D eigenvalue weighted by atomic mass is 19.3. The highest BCUT2D eigenvalue weighted by Gasteiger charge is 2.33. The molecule has 0 heterocycles. The van der Waals surface area contributed by atoms with Gasteiger partial charge in [0, 0.05) is 12.8 Å². The summed E-state index contributed by atoms with van der Waals surface area (Å²) in [5.74, 6) is -6.61. The summed E-state index contributed by atoms with van der Waals surface area (Å²) >= 11 is 0. The van der Waals surface area contributed by atoms with Crippen molar-refractivity contribution in [2.45, 2.75) is 31.1 Å². The van der Waals surface area contributed by atoms with Gasteiger partial charge < -0.3 is 0 Å². The van der Waals surface area contributed by atoms with Crippen molar-refractivity contribution in [3.8, 4) is 0 Å². The molecule has 0 saturated carbocycles. The van der Waals surface area contributed by atoms with Crippen molar-refractivity contribution in [3.05, 3.63) is 0 Å². The molecular weight excluding hydrogens is 244 g/mol. The van der Waals surface area contributed by atoms with E-state index in [0.717, 1.165) is 12.2 Å². The summed E-state index contributed by atoms with van der Waals surface area (Å²) in [5, 5.41) is 0. The Morgan fingerprint density at radius 2 is 1.18 bits per heavy atom. The number of hydrogen-bond acceptors (Lipinski definition) is 4. The number of rotatable bonds is 8. The first kappa shape index (κ1) is 15.5. The van der Waals surface area contributed by atoms with Gasteiger partial charge in [0.2, 0.25) is 12.2 Å². The molecule has 0 N–H and O–H groups in total. The molecule has 0 aromatic rings. The Hall–Kier alpha value is -1.52. The molecule has 8 heteroatoms. The van der Waals surface area contributed by atoms with E-state index in [1.54, 1.807) is 0 Å². The van der Waals surface area contributed by atoms with Crippen molar-refractivity contribution in [2.24, 2.45) is 9.98 Å². The van der Waals surface area contributed by atoms with Crippen LogP contribution in [-0.2, 0) is 9.59 Å². The zero-order valence-electron chi connectivity index (χ0n) is 8.76. The second-order valence-corrected chi connectivity index (χ2v) is 3.38. The number of hydrogen-bond donors (Lipinski definition) is 0. The average Bonchev–Trinajstić information content (AvgIpc) is 2.23. The fourth-order valence-electron chi connectivity index (χ4n) is 1.06. The Bertz CT molecular complexity index is 302. The van der Waals surface area contributed by atoms with Crippen LogP contribution in [0.2, 0.25) is 0 Å². The predicted molar refractivity (Wildman–Crippen MR) is 49.7 cm³/mol. The van der Waals surface area contributed by atoms with Crippen molar-refractivity contribution in [2.75, 3.05) is 13.1 Å². The zero-order valence-corrected chi connectivity index (χ0v) is 8.76. The minimum absolute atomic E-state index is 0.469. The summed E-state index contributed by atoms with van der Waals surface area (Å²) in [6.07, 6.45) is -0.217. The number of carbonyl (C=O) groups excluding carboxylic acids is 2. The molecule has 17 heavy (non-hydrogen) atoms. The summed E-state index contributed by atoms with van der Waals surface area (Å²) in [6, 6.07) is 0. The van der Waals surface area contributed by atoms with E-state index in [9.17, 15) is 27.2 Å². The molecule has 0 aliphatic rings. The fourth-order valence-corrected chi connectivity index (χ4v) is 1.06. The molecule has 0 unspecified atom stereocenters. The van der Waals surface area contributed by atoms with Crippen molar-refractivity contribution in [1.29, 1.82) is 0 Å². The molecule has 0 saturated heterocycles. The van der Waals surface area contributed by atoms with Crippen LogP contribution in [0.3, 0.4) is 0 Å². The van der Waals surface area contributed by atoms with Crippen molar-refractivity contribution >= 4 is 12.2 Å². The quantitative estimate of drug-likeness (QED) is 0.378. The van der Waals surface area contributed by atoms with E-state index in [1.807, 2.05) is 0 Å². The van der Waals surface area contributed by atoms with Crippen LogP contribution in [0.1, 0.15) is 19.3 Å². The highest BCUT2D eigenvalue weighted by Crippen LogP contribution is 2.27. The van der Waals surface area contributed by atoms with Gasteiger partial charge >= 0.3 is 0 Å². The Morgan fingerprint density at radius 1 is 0.824 bits per heavy atom. The Kier molecular flexibility index (Phi) is 6.31. The Labute approximate surface area is 94.4 Å². The van der Waals surface area contributed by atoms with E-state index < -0.39 is 44.2 Å². The molecule has 0 bridgehead atoms. The summed E-state index contributed by atoms with van der Waals surface area (Å²) in [4.78, 5) is 24.6. The van der Waals surface area contributed by atoms with Gasteiger partial charge in [-0.15, -0.1) is 0 Å². The van der Waals surface area contributed by atoms with E-state index in [4.69, 9.17) is 0 Å².